The summed E-state index contributed by atoms with van der Waals surface area (Å²) in [7, 11) is 0. The number of carbonyl (C=O) groups is 1. The van der Waals surface area contributed by atoms with Gasteiger partial charge in [-0.3, -0.25) is 4.79 Å². The van der Waals surface area contributed by atoms with E-state index >= 15 is 0 Å². The number of hydrogen-bond donors (Lipinski definition) is 0. The van der Waals surface area contributed by atoms with Crippen LogP contribution in [0.1, 0.15) is 24.5 Å². The second-order valence-electron chi connectivity index (χ2n) is 4.71. The summed E-state index contributed by atoms with van der Waals surface area (Å²) in [6.45, 7) is 4.44. The van der Waals surface area contributed by atoms with Gasteiger partial charge >= 0.3 is 0 Å². The van der Waals surface area contributed by atoms with E-state index < -0.39 is 0 Å². The molecule has 0 spiro atoms. The molecule has 100 valence electrons. The maximum absolute atomic E-state index is 13.4. The predicted molar refractivity (Wildman–Crippen MR) is 75.8 cm³/mol. The highest BCUT2D eigenvalue weighted by Crippen LogP contribution is 2.31. The van der Waals surface area contributed by atoms with Crippen LogP contribution < -0.4 is 4.90 Å². The Kier molecular flexibility index (Phi) is 4.15. The Morgan fingerprint density at radius 2 is 2.16 bits per heavy atom. The summed E-state index contributed by atoms with van der Waals surface area (Å²) in [5, 5.41) is 0. The lowest BCUT2D eigenvalue weighted by Gasteiger charge is -2.30. The molecule has 2 rings (SSSR count). The molecule has 0 aliphatic carbocycles. The minimum Gasteiger partial charge on any atom is -0.308 e. The molecular formula is C16H18FNO. The number of carbonyl (C=O) groups excluding carboxylic acids is 1. The van der Waals surface area contributed by atoms with Crippen molar-refractivity contribution in [2.75, 3.05) is 11.4 Å². The molecule has 0 aromatic heterocycles. The second-order valence-corrected chi connectivity index (χ2v) is 4.71. The van der Waals surface area contributed by atoms with Crippen molar-refractivity contribution < 1.29 is 9.18 Å². The van der Waals surface area contributed by atoms with Crippen molar-refractivity contribution in [1.82, 2.24) is 0 Å². The fourth-order valence-electron chi connectivity index (χ4n) is 2.48. The molecule has 0 unspecified atom stereocenters. The van der Waals surface area contributed by atoms with E-state index in [9.17, 15) is 9.18 Å². The number of rotatable bonds is 2. The summed E-state index contributed by atoms with van der Waals surface area (Å²) in [4.78, 5) is 13.9. The number of nitrogens with zero attached hydrogens (tertiary/aromatic N) is 1. The molecule has 2 nitrogen and oxygen atoms in total. The predicted octanol–water partition coefficient (Wildman–Crippen LogP) is 3.55. The Bertz CT molecular complexity index is 546. The third-order valence-corrected chi connectivity index (χ3v) is 3.25. The Morgan fingerprint density at radius 3 is 2.89 bits per heavy atom. The van der Waals surface area contributed by atoms with E-state index in [1.54, 1.807) is 17.1 Å². The summed E-state index contributed by atoms with van der Waals surface area (Å²) in [5.74, 6) is -0.274. The number of allylic oxidation sites excluding steroid dienone is 3. The van der Waals surface area contributed by atoms with E-state index in [-0.39, 0.29) is 11.7 Å². The second kappa shape index (κ2) is 5.83. The number of anilines is 1. The zero-order valence-electron chi connectivity index (χ0n) is 11.3. The van der Waals surface area contributed by atoms with Crippen LogP contribution in [0.5, 0.6) is 0 Å². The Balaban J connectivity index is 2.34. The topological polar surface area (TPSA) is 20.3 Å². The van der Waals surface area contributed by atoms with E-state index in [0.29, 0.717) is 6.54 Å². The fourth-order valence-corrected chi connectivity index (χ4v) is 2.48. The quantitative estimate of drug-likeness (QED) is 0.587. The van der Waals surface area contributed by atoms with Gasteiger partial charge in [0.1, 0.15) is 5.82 Å². The van der Waals surface area contributed by atoms with Gasteiger partial charge in [0, 0.05) is 12.6 Å². The molecule has 1 amide bonds. The van der Waals surface area contributed by atoms with Crippen molar-refractivity contribution in [1.29, 1.82) is 0 Å². The van der Waals surface area contributed by atoms with Gasteiger partial charge in [0.25, 0.3) is 5.91 Å². The molecule has 0 fully saturated rings. The summed E-state index contributed by atoms with van der Waals surface area (Å²) < 4.78 is 13.4. The molecule has 0 bridgehead atoms. The SMILES string of the molecule is C/C=C/C=C/C(=O)N1CCCc2cc(F)cc(C)c21. The maximum atomic E-state index is 13.4. The van der Waals surface area contributed by atoms with Crippen molar-refractivity contribution >= 4 is 11.6 Å². The number of hydrogen-bond acceptors (Lipinski definition) is 1. The molecule has 1 heterocycles. The van der Waals surface area contributed by atoms with E-state index in [4.69, 9.17) is 0 Å². The van der Waals surface area contributed by atoms with Crippen LogP contribution >= 0.6 is 0 Å². The van der Waals surface area contributed by atoms with Crippen molar-refractivity contribution in [3.05, 3.63) is 53.4 Å². The molecule has 1 aromatic carbocycles. The molecule has 19 heavy (non-hydrogen) atoms. The molecule has 0 saturated heterocycles. The minimum atomic E-state index is -0.227. The van der Waals surface area contributed by atoms with Crippen LogP contribution in [0, 0.1) is 12.7 Å². The molecule has 1 aliphatic rings. The molecule has 1 aromatic rings. The van der Waals surface area contributed by atoms with Gasteiger partial charge < -0.3 is 4.90 Å². The first-order chi connectivity index (χ1) is 9.13. The number of halogens is 1. The van der Waals surface area contributed by atoms with Gasteiger partial charge in [-0.2, -0.15) is 0 Å². The summed E-state index contributed by atoms with van der Waals surface area (Å²) >= 11 is 0. The van der Waals surface area contributed by atoms with Gasteiger partial charge in [-0.15, -0.1) is 0 Å². The van der Waals surface area contributed by atoms with E-state index in [1.807, 2.05) is 26.0 Å². The van der Waals surface area contributed by atoms with Crippen molar-refractivity contribution in [3.8, 4) is 0 Å². The average molecular weight is 259 g/mol. The van der Waals surface area contributed by atoms with Crippen LogP contribution in [0.15, 0.2) is 36.4 Å². The van der Waals surface area contributed by atoms with Gasteiger partial charge in [-0.25, -0.2) is 4.39 Å². The minimum absolute atomic E-state index is 0.0474. The summed E-state index contributed by atoms with van der Waals surface area (Å²) in [5.41, 5.74) is 2.63. The summed E-state index contributed by atoms with van der Waals surface area (Å²) in [6, 6.07) is 3.03. The Hall–Kier alpha value is -1.90. The third-order valence-electron chi connectivity index (χ3n) is 3.25. The number of amides is 1. The van der Waals surface area contributed by atoms with Gasteiger partial charge in [0.2, 0.25) is 0 Å². The van der Waals surface area contributed by atoms with Crippen LogP contribution in [0.4, 0.5) is 10.1 Å². The normalized spacial score (nSPS) is 15.2. The highest BCUT2D eigenvalue weighted by Gasteiger charge is 2.23. The zero-order chi connectivity index (χ0) is 13.8. The van der Waals surface area contributed by atoms with E-state index in [2.05, 4.69) is 0 Å². The van der Waals surface area contributed by atoms with Gasteiger partial charge in [0.05, 0.1) is 5.69 Å². The van der Waals surface area contributed by atoms with Gasteiger partial charge in [0.15, 0.2) is 0 Å². The van der Waals surface area contributed by atoms with Crippen LogP contribution in [0.2, 0.25) is 0 Å². The molecule has 0 radical (unpaired) electrons. The van der Waals surface area contributed by atoms with Gasteiger partial charge in [-0.05, 0) is 49.9 Å². The van der Waals surface area contributed by atoms with Crippen molar-refractivity contribution in [2.24, 2.45) is 0 Å². The van der Waals surface area contributed by atoms with Crippen molar-refractivity contribution in [3.63, 3.8) is 0 Å². The number of fused-ring (bicyclic) bond motifs is 1. The standard InChI is InChI=1S/C16H18FNO/c1-3-4-5-8-15(19)18-9-6-7-13-11-14(17)10-12(2)16(13)18/h3-5,8,10-11H,6-7,9H2,1-2H3/b4-3+,8-5+. The third kappa shape index (κ3) is 2.92. The van der Waals surface area contributed by atoms with Crippen LogP contribution in [-0.4, -0.2) is 12.5 Å². The largest absolute Gasteiger partial charge is 0.308 e. The van der Waals surface area contributed by atoms with E-state index in [1.165, 1.54) is 12.1 Å². The first-order valence-corrected chi connectivity index (χ1v) is 6.53. The molecule has 3 heteroatoms. The Labute approximate surface area is 113 Å². The monoisotopic (exact) mass is 259 g/mol. The number of aryl methyl sites for hydroxylation is 2. The van der Waals surface area contributed by atoms with Crippen LogP contribution in [-0.2, 0) is 11.2 Å². The van der Waals surface area contributed by atoms with Crippen LogP contribution in [0.3, 0.4) is 0 Å². The maximum Gasteiger partial charge on any atom is 0.250 e. The zero-order valence-corrected chi connectivity index (χ0v) is 11.3. The smallest absolute Gasteiger partial charge is 0.250 e. The molecule has 0 saturated carbocycles. The van der Waals surface area contributed by atoms with Gasteiger partial charge in [-0.1, -0.05) is 18.2 Å². The van der Waals surface area contributed by atoms with E-state index in [0.717, 1.165) is 29.7 Å². The first kappa shape index (κ1) is 13.5. The average Bonchev–Trinajstić information content (AvgIpc) is 2.37. The summed E-state index contributed by atoms with van der Waals surface area (Å²) in [6.07, 6.45) is 8.68. The Morgan fingerprint density at radius 1 is 1.37 bits per heavy atom. The fraction of sp³-hybridized carbons (Fsp3) is 0.312. The highest BCUT2D eigenvalue weighted by atomic mass is 19.1. The molecule has 1 aliphatic heterocycles. The molecule has 0 N–H and O–H groups in total. The highest BCUT2D eigenvalue weighted by molar-refractivity contribution is 6.02. The number of benzene rings is 1. The molecular weight excluding hydrogens is 241 g/mol. The molecule has 0 atom stereocenters. The van der Waals surface area contributed by atoms with Crippen LogP contribution in [0.25, 0.3) is 0 Å². The first-order valence-electron chi connectivity index (χ1n) is 6.53. The van der Waals surface area contributed by atoms with Crippen molar-refractivity contribution in [2.45, 2.75) is 26.7 Å². The lowest BCUT2D eigenvalue weighted by Crippen LogP contribution is -2.35. The lowest BCUT2D eigenvalue weighted by molar-refractivity contribution is -0.114. The lowest BCUT2D eigenvalue weighted by atomic mass is 9.98.